The summed E-state index contributed by atoms with van der Waals surface area (Å²) in [7, 11) is 1.65. The van der Waals surface area contributed by atoms with Crippen molar-refractivity contribution in [3.8, 4) is 0 Å². The molecule has 1 heterocycles. The minimum absolute atomic E-state index is 0.253. The number of pyridine rings is 1. The van der Waals surface area contributed by atoms with Crippen LogP contribution in [0.25, 0.3) is 0 Å². The molecule has 1 aromatic heterocycles. The maximum atomic E-state index is 13.0. The molecule has 1 aliphatic rings. The van der Waals surface area contributed by atoms with E-state index in [0.29, 0.717) is 12.4 Å². The number of carbonyl (C=O) groups is 1. The lowest BCUT2D eigenvalue weighted by molar-refractivity contribution is 0.0952. The maximum absolute atomic E-state index is 13.0. The summed E-state index contributed by atoms with van der Waals surface area (Å²) >= 11 is 0. The van der Waals surface area contributed by atoms with E-state index in [1.54, 1.807) is 7.05 Å². The van der Waals surface area contributed by atoms with Crippen LogP contribution in [-0.2, 0) is 0 Å². The number of halogens is 1. The Balaban J connectivity index is 1.98. The molecule has 5 heteroatoms. The molecule has 4 nitrogen and oxygen atoms in total. The molecule has 0 bridgehead atoms. The molecule has 0 spiro atoms. The van der Waals surface area contributed by atoms with Gasteiger partial charge in [0, 0.05) is 13.6 Å². The lowest BCUT2D eigenvalue weighted by Gasteiger charge is -2.08. The first kappa shape index (κ1) is 11.8. The molecule has 0 saturated heterocycles. The van der Waals surface area contributed by atoms with E-state index in [2.05, 4.69) is 15.6 Å². The summed E-state index contributed by atoms with van der Waals surface area (Å²) in [4.78, 5) is 15.6. The fourth-order valence-corrected chi connectivity index (χ4v) is 1.70. The van der Waals surface area contributed by atoms with Crippen molar-refractivity contribution in [2.75, 3.05) is 18.9 Å². The Morgan fingerprint density at radius 3 is 3.00 bits per heavy atom. The van der Waals surface area contributed by atoms with Crippen LogP contribution < -0.4 is 10.6 Å². The highest BCUT2D eigenvalue weighted by Crippen LogP contribution is 2.31. The number of nitrogens with one attached hydrogen (secondary N) is 2. The predicted molar refractivity (Wildman–Crippen MR) is 63.4 cm³/mol. The summed E-state index contributed by atoms with van der Waals surface area (Å²) in [5.41, 5.74) is 0.253. The zero-order valence-electron chi connectivity index (χ0n) is 9.79. The minimum atomic E-state index is -0.503. The van der Waals surface area contributed by atoms with E-state index in [4.69, 9.17) is 0 Å². The van der Waals surface area contributed by atoms with E-state index in [9.17, 15) is 9.18 Å². The number of hydrogen-bond donors (Lipinski definition) is 2. The molecular formula is C12H16FN3O. The predicted octanol–water partition coefficient (Wildman–Crippen LogP) is 1.79. The lowest BCUT2D eigenvalue weighted by Crippen LogP contribution is -2.26. The summed E-state index contributed by atoms with van der Waals surface area (Å²) in [5.74, 6) is 0.387. The van der Waals surface area contributed by atoms with Gasteiger partial charge >= 0.3 is 0 Å². The molecule has 0 unspecified atom stereocenters. The van der Waals surface area contributed by atoms with Gasteiger partial charge in [0.2, 0.25) is 0 Å². The molecule has 0 radical (unpaired) electrons. The summed E-state index contributed by atoms with van der Waals surface area (Å²) in [6.07, 6.45) is 4.62. The number of carbonyl (C=O) groups excluding carboxylic acids is 1. The van der Waals surface area contributed by atoms with Crippen molar-refractivity contribution in [2.24, 2.45) is 5.92 Å². The van der Waals surface area contributed by atoms with Gasteiger partial charge in [-0.05, 0) is 18.4 Å². The highest BCUT2D eigenvalue weighted by molar-refractivity contribution is 5.98. The smallest absolute Gasteiger partial charge is 0.255 e. The van der Waals surface area contributed by atoms with Gasteiger partial charge in [0.15, 0.2) is 0 Å². The molecule has 2 rings (SSSR count). The van der Waals surface area contributed by atoms with Crippen LogP contribution in [0.15, 0.2) is 12.3 Å². The zero-order valence-corrected chi connectivity index (χ0v) is 9.79. The molecule has 17 heavy (non-hydrogen) atoms. The van der Waals surface area contributed by atoms with Crippen LogP contribution in [0.1, 0.15) is 29.6 Å². The maximum Gasteiger partial charge on any atom is 0.255 e. The molecule has 92 valence electrons. The van der Waals surface area contributed by atoms with Crippen LogP contribution in [0.3, 0.4) is 0 Å². The van der Waals surface area contributed by atoms with E-state index in [-0.39, 0.29) is 11.5 Å². The Morgan fingerprint density at radius 1 is 1.59 bits per heavy atom. The first-order chi connectivity index (χ1) is 8.20. The van der Waals surface area contributed by atoms with Crippen LogP contribution in [0.4, 0.5) is 10.2 Å². The monoisotopic (exact) mass is 237 g/mol. The highest BCUT2D eigenvalue weighted by Gasteiger charge is 2.21. The Hall–Kier alpha value is -1.65. The van der Waals surface area contributed by atoms with Gasteiger partial charge in [0.05, 0.1) is 11.8 Å². The quantitative estimate of drug-likeness (QED) is 0.821. The lowest BCUT2D eigenvalue weighted by atomic mass is 10.2. The minimum Gasteiger partial charge on any atom is -0.372 e. The van der Waals surface area contributed by atoms with Crippen molar-refractivity contribution in [3.05, 3.63) is 23.6 Å². The fraction of sp³-hybridized carbons (Fsp3) is 0.500. The molecule has 0 atom stereocenters. The van der Waals surface area contributed by atoms with Crippen molar-refractivity contribution in [1.82, 2.24) is 10.3 Å². The molecule has 0 aromatic carbocycles. The van der Waals surface area contributed by atoms with E-state index >= 15 is 0 Å². The highest BCUT2D eigenvalue weighted by atomic mass is 19.1. The van der Waals surface area contributed by atoms with Gasteiger partial charge < -0.3 is 10.6 Å². The molecule has 1 aliphatic carbocycles. The third kappa shape index (κ3) is 3.15. The Bertz CT molecular complexity index is 418. The standard InChI is InChI=1S/C12H16FN3O/c1-14-11-10(6-9(13)7-16-11)12(17)15-5-4-8-2-3-8/h6-8H,2-5H2,1H3,(H,14,16)(H,15,17). The van der Waals surface area contributed by atoms with Crippen molar-refractivity contribution in [3.63, 3.8) is 0 Å². The largest absolute Gasteiger partial charge is 0.372 e. The zero-order chi connectivity index (χ0) is 12.3. The second-order valence-corrected chi connectivity index (χ2v) is 4.29. The number of rotatable bonds is 5. The summed E-state index contributed by atoms with van der Waals surface area (Å²) in [6, 6.07) is 1.20. The number of nitrogens with zero attached hydrogens (tertiary/aromatic N) is 1. The van der Waals surface area contributed by atoms with Crippen LogP contribution in [0.5, 0.6) is 0 Å². The average molecular weight is 237 g/mol. The summed E-state index contributed by atoms with van der Waals surface area (Å²) in [5, 5.41) is 5.56. The topological polar surface area (TPSA) is 54.0 Å². The van der Waals surface area contributed by atoms with Crippen molar-refractivity contribution >= 4 is 11.7 Å². The summed E-state index contributed by atoms with van der Waals surface area (Å²) in [6.45, 7) is 0.642. The normalized spacial score (nSPS) is 14.5. The van der Waals surface area contributed by atoms with E-state index in [1.807, 2.05) is 0 Å². The molecular weight excluding hydrogens is 221 g/mol. The summed E-state index contributed by atoms with van der Waals surface area (Å²) < 4.78 is 13.0. The SMILES string of the molecule is CNc1ncc(F)cc1C(=O)NCCC1CC1. The van der Waals surface area contributed by atoms with Gasteiger partial charge in [-0.25, -0.2) is 9.37 Å². The Morgan fingerprint density at radius 2 is 2.35 bits per heavy atom. The molecule has 1 aromatic rings. The van der Waals surface area contributed by atoms with Crippen LogP contribution >= 0.6 is 0 Å². The first-order valence-corrected chi connectivity index (χ1v) is 5.82. The fourth-order valence-electron chi connectivity index (χ4n) is 1.70. The van der Waals surface area contributed by atoms with E-state index < -0.39 is 5.82 Å². The number of hydrogen-bond acceptors (Lipinski definition) is 3. The molecule has 0 aliphatic heterocycles. The molecule has 1 saturated carbocycles. The van der Waals surface area contributed by atoms with Crippen LogP contribution in [0.2, 0.25) is 0 Å². The second kappa shape index (κ2) is 5.12. The van der Waals surface area contributed by atoms with Crippen LogP contribution in [0, 0.1) is 11.7 Å². The second-order valence-electron chi connectivity index (χ2n) is 4.29. The Labute approximate surface area is 99.6 Å². The average Bonchev–Trinajstić information content (AvgIpc) is 3.13. The van der Waals surface area contributed by atoms with Gasteiger partial charge in [-0.2, -0.15) is 0 Å². The number of aromatic nitrogens is 1. The molecule has 2 N–H and O–H groups in total. The van der Waals surface area contributed by atoms with Crippen molar-refractivity contribution in [1.29, 1.82) is 0 Å². The first-order valence-electron chi connectivity index (χ1n) is 5.82. The van der Waals surface area contributed by atoms with Gasteiger partial charge in [0.1, 0.15) is 11.6 Å². The van der Waals surface area contributed by atoms with Crippen molar-refractivity contribution < 1.29 is 9.18 Å². The van der Waals surface area contributed by atoms with Gasteiger partial charge in [-0.3, -0.25) is 4.79 Å². The van der Waals surface area contributed by atoms with E-state index in [0.717, 1.165) is 18.5 Å². The molecule has 1 amide bonds. The van der Waals surface area contributed by atoms with Gasteiger partial charge in [-0.15, -0.1) is 0 Å². The number of amides is 1. The number of anilines is 1. The van der Waals surface area contributed by atoms with Crippen LogP contribution in [-0.4, -0.2) is 24.5 Å². The Kier molecular flexibility index (Phi) is 3.56. The van der Waals surface area contributed by atoms with Crippen molar-refractivity contribution in [2.45, 2.75) is 19.3 Å². The third-order valence-electron chi connectivity index (χ3n) is 2.87. The molecule has 1 fully saturated rings. The van der Waals surface area contributed by atoms with Gasteiger partial charge in [0.25, 0.3) is 5.91 Å². The van der Waals surface area contributed by atoms with Gasteiger partial charge in [-0.1, -0.05) is 12.8 Å². The third-order valence-corrected chi connectivity index (χ3v) is 2.87. The van der Waals surface area contributed by atoms with E-state index in [1.165, 1.54) is 18.9 Å².